The van der Waals surface area contributed by atoms with Gasteiger partial charge in [0.1, 0.15) is 15.5 Å². The Bertz CT molecular complexity index is 2100. The topological polar surface area (TPSA) is 77.3 Å². The Labute approximate surface area is 367 Å². The molecular weight excluding hydrogens is 976 g/mol. The maximum Gasteiger partial charge on any atom is 0.417 e. The summed E-state index contributed by atoms with van der Waals surface area (Å²) in [5, 5.41) is 0.355. The number of nitrogens with zero attached hydrogens (tertiary/aromatic N) is 6. The van der Waals surface area contributed by atoms with Crippen molar-refractivity contribution in [1.29, 1.82) is 0 Å². The van der Waals surface area contributed by atoms with E-state index in [0.717, 1.165) is 43.1 Å². The molecule has 6 aromatic rings. The second-order valence-electron chi connectivity index (χ2n) is 10.5. The molecule has 330 valence electrons. The number of hydrogen-bond acceptors (Lipinski definition) is 6. The molecule has 0 saturated heterocycles. The minimum atomic E-state index is -4.36. The Balaban J connectivity index is 0.000000366. The van der Waals surface area contributed by atoms with Gasteiger partial charge in [-0.1, -0.05) is 75.7 Å². The van der Waals surface area contributed by atoms with Gasteiger partial charge in [0, 0.05) is 72.5 Å². The smallest absolute Gasteiger partial charge is 0.264 e. The Morgan fingerprint density at radius 3 is 1.28 bits per heavy atom. The summed E-state index contributed by atoms with van der Waals surface area (Å²) in [7, 11) is 0. The molecule has 0 aliphatic carbocycles. The summed E-state index contributed by atoms with van der Waals surface area (Å²) in [6.45, 7) is 0. The number of rotatable bonds is 4. The lowest BCUT2D eigenvalue weighted by atomic mass is 10.3. The minimum absolute atomic E-state index is 0.0141. The molecule has 6 aromatic heterocycles. The van der Waals surface area contributed by atoms with Crippen molar-refractivity contribution in [3.8, 4) is 0 Å². The first-order chi connectivity index (χ1) is 28.3. The third-order valence-electron chi connectivity index (χ3n) is 6.04. The van der Waals surface area contributed by atoms with Crippen LogP contribution in [0.2, 0.25) is 20.5 Å². The van der Waals surface area contributed by atoms with Gasteiger partial charge in [-0.2, -0.15) is 26.3 Å². The normalized spacial score (nSPS) is 11.0. The van der Waals surface area contributed by atoms with Crippen LogP contribution in [-0.4, -0.2) is 29.9 Å². The van der Waals surface area contributed by atoms with Gasteiger partial charge in [0.25, 0.3) is 23.9 Å². The van der Waals surface area contributed by atoms with E-state index in [0.29, 0.717) is 0 Å². The highest BCUT2D eigenvalue weighted by atomic mass is 35.5. The predicted octanol–water partition coefficient (Wildman–Crippen LogP) is 15.5. The number of pyridine rings is 6. The van der Waals surface area contributed by atoms with Gasteiger partial charge in [-0.25, -0.2) is 45.7 Å². The largest absolute Gasteiger partial charge is 0.417 e. The minimum Gasteiger partial charge on any atom is -0.264 e. The van der Waals surface area contributed by atoms with Crippen LogP contribution in [0.25, 0.3) is 0 Å². The van der Waals surface area contributed by atoms with Crippen LogP contribution in [0.5, 0.6) is 0 Å². The first kappa shape index (κ1) is 54.7. The summed E-state index contributed by atoms with van der Waals surface area (Å²) >= 11 is 31.7. The number of halogens is 19. The van der Waals surface area contributed by atoms with Crippen molar-refractivity contribution in [3.05, 3.63) is 176 Å². The number of hydrogen-bond donors (Lipinski definition) is 0. The Morgan fingerprint density at radius 2 is 0.951 bits per heavy atom. The van der Waals surface area contributed by atoms with Crippen molar-refractivity contribution >= 4 is 69.6 Å². The van der Waals surface area contributed by atoms with E-state index in [2.05, 4.69) is 29.9 Å². The van der Waals surface area contributed by atoms with Crippen molar-refractivity contribution in [3.63, 3.8) is 0 Å². The van der Waals surface area contributed by atoms with Gasteiger partial charge in [-0.3, -0.25) is 15.0 Å². The molecule has 0 N–H and O–H groups in total. The number of alkyl halides is 15. The molecule has 0 atom stereocenters. The molecule has 0 aliphatic rings. The highest BCUT2D eigenvalue weighted by molar-refractivity contribution is 6.46. The summed E-state index contributed by atoms with van der Waals surface area (Å²) in [5.41, 5.74) is -1.82. The van der Waals surface area contributed by atoms with Crippen LogP contribution in [0.3, 0.4) is 0 Å². The quantitative estimate of drug-likeness (QED) is 0.0995. The molecule has 0 bridgehead atoms. The summed E-state index contributed by atoms with van der Waals surface area (Å²) in [6, 6.07) is 13.9. The fourth-order valence-electron chi connectivity index (χ4n) is 3.22. The van der Waals surface area contributed by atoms with Gasteiger partial charge in [0.15, 0.2) is 0 Å². The third-order valence-corrected chi connectivity index (χ3v) is 7.44. The van der Waals surface area contributed by atoms with E-state index in [1.54, 1.807) is 0 Å². The molecule has 6 rings (SSSR count). The molecule has 6 nitrogen and oxygen atoms in total. The summed E-state index contributed by atoms with van der Waals surface area (Å²) < 4.78 is 152. The molecule has 0 saturated carbocycles. The van der Waals surface area contributed by atoms with E-state index in [1.165, 1.54) is 79.4 Å². The molecule has 0 aromatic carbocycles. The van der Waals surface area contributed by atoms with E-state index >= 15 is 0 Å². The van der Waals surface area contributed by atoms with Crippen LogP contribution in [0, 0.1) is 0 Å². The first-order valence-electron chi connectivity index (χ1n) is 15.6. The van der Waals surface area contributed by atoms with Crippen molar-refractivity contribution < 1.29 is 57.1 Å². The highest BCUT2D eigenvalue weighted by Crippen LogP contribution is 2.35. The monoisotopic (exact) mass is 996 g/mol. The van der Waals surface area contributed by atoms with E-state index in [-0.39, 0.29) is 42.7 Å². The summed E-state index contributed by atoms with van der Waals surface area (Å²) in [6.07, 6.45) is -5.84. The lowest BCUT2D eigenvalue weighted by molar-refractivity contribution is -0.138. The van der Waals surface area contributed by atoms with Crippen LogP contribution < -0.4 is 0 Å². The fourth-order valence-corrected chi connectivity index (χ4v) is 4.05. The van der Waals surface area contributed by atoms with Gasteiger partial charge in [-0.05, 0) is 60.7 Å². The zero-order chi connectivity index (χ0) is 46.4. The highest BCUT2D eigenvalue weighted by Gasteiger charge is 2.31. The molecule has 25 heteroatoms. The average molecular weight is 999 g/mol. The van der Waals surface area contributed by atoms with Crippen molar-refractivity contribution in [2.75, 3.05) is 0 Å². The maximum absolute atomic E-state index is 12.7. The van der Waals surface area contributed by atoms with E-state index in [1.807, 2.05) is 0 Å². The van der Waals surface area contributed by atoms with Gasteiger partial charge in [0.05, 0.1) is 21.7 Å². The zero-order valence-electron chi connectivity index (χ0n) is 29.6. The molecule has 0 unspecified atom stereocenters. The summed E-state index contributed by atoms with van der Waals surface area (Å²) in [5.74, 6) is 0. The maximum atomic E-state index is 12.7. The van der Waals surface area contributed by atoms with Crippen molar-refractivity contribution in [2.24, 2.45) is 0 Å². The van der Waals surface area contributed by atoms with Gasteiger partial charge < -0.3 is 0 Å². The van der Waals surface area contributed by atoms with Crippen LogP contribution in [0.4, 0.5) is 57.1 Å². The van der Waals surface area contributed by atoms with E-state index in [4.69, 9.17) is 69.6 Å². The standard InChI is InChI=1S/C6H3Cl3FN.C6H3ClF3N.2C6H4ClF2N.C6H4F3N.C6H5F2N/c7-5-2-1-4(3-11-5)6(8,9)10;7-5-1-4(2-11-3-5)6(8,9)10;7-5-2-1-4(3-10-5)6(8)9;7-5-4(6(8)9)2-1-3-10-5;7-6(8,9)5-2-1-3-10-4-5;7-6(8)5-2-1-3-9-4-5/h2*1-3H;2*1-3,6H;1-4H;1-4,6H. The Hall–Kier alpha value is -4.27. The lowest BCUT2D eigenvalue weighted by Gasteiger charge is -2.07. The van der Waals surface area contributed by atoms with Gasteiger partial charge >= 0.3 is 12.4 Å². The molecular formula is C36H23Cl6F13N6. The van der Waals surface area contributed by atoms with Gasteiger partial charge in [-0.15, -0.1) is 0 Å². The third kappa shape index (κ3) is 23.5. The van der Waals surface area contributed by atoms with E-state index in [9.17, 15) is 57.1 Å². The number of aromatic nitrogens is 6. The Morgan fingerprint density at radius 1 is 0.443 bits per heavy atom. The molecule has 0 radical (unpaired) electrons. The molecule has 0 spiro atoms. The van der Waals surface area contributed by atoms with Crippen molar-refractivity contribution in [1.82, 2.24) is 29.9 Å². The zero-order valence-corrected chi connectivity index (χ0v) is 34.2. The Kier molecular flexibility index (Phi) is 24.2. The summed E-state index contributed by atoms with van der Waals surface area (Å²) in [4.78, 5) is 20.7. The average Bonchev–Trinajstić information content (AvgIpc) is 3.19. The van der Waals surface area contributed by atoms with Crippen LogP contribution >= 0.6 is 69.6 Å². The first-order valence-corrected chi connectivity index (χ1v) is 17.9. The molecule has 6 heterocycles. The van der Waals surface area contributed by atoms with Crippen LogP contribution in [0.15, 0.2) is 123 Å². The fraction of sp³-hybridized carbons (Fsp3) is 0.167. The van der Waals surface area contributed by atoms with Crippen molar-refractivity contribution in [2.45, 2.75) is 36.2 Å². The molecule has 0 aliphatic heterocycles. The van der Waals surface area contributed by atoms with Crippen LogP contribution in [0.1, 0.15) is 52.7 Å². The second kappa shape index (κ2) is 26.9. The molecule has 0 amide bonds. The SMILES string of the molecule is FC(Cl)(Cl)c1ccc(Cl)nc1.FC(F)(F)c1cccnc1.FC(F)(F)c1cncc(Cl)c1.FC(F)c1ccc(Cl)nc1.FC(F)c1cccnc1.FC(F)c1cccnc1Cl. The predicted molar refractivity (Wildman–Crippen MR) is 205 cm³/mol. The second-order valence-corrected chi connectivity index (χ2v) is 13.3. The lowest BCUT2D eigenvalue weighted by Crippen LogP contribution is -2.04. The molecule has 0 fully saturated rings. The van der Waals surface area contributed by atoms with Gasteiger partial charge in [0.2, 0.25) is 0 Å². The van der Waals surface area contributed by atoms with E-state index < -0.39 is 47.3 Å². The van der Waals surface area contributed by atoms with Crippen LogP contribution in [-0.2, 0) is 16.9 Å². The molecule has 61 heavy (non-hydrogen) atoms.